The highest BCUT2D eigenvalue weighted by Gasteiger charge is 2.44. The fraction of sp³-hybridized carbons (Fsp3) is 0.833. The smallest absolute Gasteiger partial charge is 0.305 e. The Morgan fingerprint density at radius 3 is 1.25 bits per heavy atom. The van der Waals surface area contributed by atoms with Crippen LogP contribution in [0.2, 0.25) is 0 Å². The first-order chi connectivity index (χ1) is 40.7. The van der Waals surface area contributed by atoms with Gasteiger partial charge >= 0.3 is 5.97 Å². The van der Waals surface area contributed by atoms with E-state index in [1.807, 2.05) is 6.08 Å². The third-order valence-electron chi connectivity index (χ3n) is 16.3. The number of aliphatic hydroxyl groups is 5. The molecular weight excluding hydrogens is 1040 g/mol. The summed E-state index contributed by atoms with van der Waals surface area (Å²) >= 11 is 0. The average molecular weight is 1170 g/mol. The Morgan fingerprint density at radius 2 is 0.819 bits per heavy atom. The van der Waals surface area contributed by atoms with Crippen molar-refractivity contribution >= 4 is 11.9 Å². The van der Waals surface area contributed by atoms with Crippen molar-refractivity contribution < 1.29 is 49.3 Å². The SMILES string of the molecule is CCCC/C=C\C/C=C\CCCCCCCC(=O)OCCCCCCCCCCC/C=C\C/C=C\CCCCCCCCCCCCCC(=O)NC(COC1OC(CO)C(O)C(O)C1O)C(O)/C=C/CCCCCCCCCCCCCC. The lowest BCUT2D eigenvalue weighted by molar-refractivity contribution is -0.302. The van der Waals surface area contributed by atoms with Crippen LogP contribution in [0.25, 0.3) is 0 Å². The van der Waals surface area contributed by atoms with Crippen LogP contribution < -0.4 is 5.32 Å². The van der Waals surface area contributed by atoms with Gasteiger partial charge in [0.2, 0.25) is 5.91 Å². The monoisotopic (exact) mass is 1170 g/mol. The van der Waals surface area contributed by atoms with Crippen LogP contribution in [0.5, 0.6) is 0 Å². The van der Waals surface area contributed by atoms with Crippen LogP contribution >= 0.6 is 0 Å². The summed E-state index contributed by atoms with van der Waals surface area (Å²) in [5, 5.41) is 54.5. The van der Waals surface area contributed by atoms with E-state index in [2.05, 4.69) is 67.8 Å². The largest absolute Gasteiger partial charge is 0.466 e. The number of carbonyl (C=O) groups excluding carboxylic acids is 2. The van der Waals surface area contributed by atoms with Gasteiger partial charge in [-0.25, -0.2) is 0 Å². The minimum absolute atomic E-state index is 0.0138. The van der Waals surface area contributed by atoms with E-state index >= 15 is 0 Å². The Kier molecular flexibility index (Phi) is 57.6. The topological polar surface area (TPSA) is 175 Å². The number of rotatable bonds is 61. The minimum atomic E-state index is -1.57. The van der Waals surface area contributed by atoms with Crippen LogP contribution in [0.1, 0.15) is 322 Å². The average Bonchev–Trinajstić information content (AvgIpc) is 3.69. The predicted molar refractivity (Wildman–Crippen MR) is 347 cm³/mol. The Balaban J connectivity index is 2.02. The summed E-state index contributed by atoms with van der Waals surface area (Å²) in [5.74, 6) is -0.198. The van der Waals surface area contributed by atoms with Gasteiger partial charge in [0, 0.05) is 12.8 Å². The zero-order valence-corrected chi connectivity index (χ0v) is 53.7. The first-order valence-corrected chi connectivity index (χ1v) is 35.1. The fourth-order valence-corrected chi connectivity index (χ4v) is 10.8. The van der Waals surface area contributed by atoms with E-state index in [0.717, 1.165) is 83.5 Å². The molecule has 0 aromatic carbocycles. The standard InChI is InChI=1S/C72H131NO10/c1-3-5-7-9-11-13-15-17-34-38-42-46-50-54-58-65(75)64(63-82-72-71(80)70(79)69(78)66(62-74)83-72)73-67(76)59-55-51-47-43-39-35-32-30-28-26-24-22-20-19-21-23-25-27-29-31-33-37-41-45-49-53-57-61-81-68(77)60-56-52-48-44-40-36-18-16-14-12-10-8-6-4-2/h10,12,16,18-20,23,25,54,58,64-66,69-72,74-75,78-80H,3-9,11,13-15,17,21-22,24,26-53,55-57,59-63H2,1-2H3,(H,73,76)/b12-10-,18-16-,20-19-,25-23-,58-54+. The van der Waals surface area contributed by atoms with Crippen LogP contribution in [-0.4, -0.2) is 100 Å². The molecule has 0 saturated carbocycles. The van der Waals surface area contributed by atoms with Crippen molar-refractivity contribution in [3.05, 3.63) is 60.8 Å². The number of ether oxygens (including phenoxy) is 3. The van der Waals surface area contributed by atoms with E-state index in [4.69, 9.17) is 14.2 Å². The maximum atomic E-state index is 13.1. The number of nitrogens with one attached hydrogen (secondary N) is 1. The van der Waals surface area contributed by atoms with Gasteiger partial charge < -0.3 is 45.1 Å². The number of esters is 1. The van der Waals surface area contributed by atoms with Crippen molar-refractivity contribution in [1.29, 1.82) is 0 Å². The Morgan fingerprint density at radius 1 is 0.446 bits per heavy atom. The van der Waals surface area contributed by atoms with Crippen molar-refractivity contribution in [3.63, 3.8) is 0 Å². The highest BCUT2D eigenvalue weighted by molar-refractivity contribution is 5.76. The molecule has 0 aromatic heterocycles. The molecule has 7 atom stereocenters. The van der Waals surface area contributed by atoms with Gasteiger partial charge in [-0.05, 0) is 89.9 Å². The fourth-order valence-electron chi connectivity index (χ4n) is 10.8. The Bertz CT molecular complexity index is 1560. The Hall–Kier alpha value is -2.64. The molecule has 1 aliphatic heterocycles. The van der Waals surface area contributed by atoms with Gasteiger partial charge in [0.1, 0.15) is 24.4 Å². The lowest BCUT2D eigenvalue weighted by atomic mass is 9.99. The molecule has 1 rings (SSSR count). The molecule has 0 bridgehead atoms. The highest BCUT2D eigenvalue weighted by Crippen LogP contribution is 2.23. The third kappa shape index (κ3) is 50.1. The molecule has 6 N–H and O–H groups in total. The molecule has 7 unspecified atom stereocenters. The summed E-state index contributed by atoms with van der Waals surface area (Å²) in [6.07, 6.45) is 70.5. The summed E-state index contributed by atoms with van der Waals surface area (Å²) in [6.45, 7) is 4.31. The first-order valence-electron chi connectivity index (χ1n) is 35.1. The summed E-state index contributed by atoms with van der Waals surface area (Å²) in [7, 11) is 0. The van der Waals surface area contributed by atoms with Crippen molar-refractivity contribution in [1.82, 2.24) is 5.32 Å². The van der Waals surface area contributed by atoms with Crippen molar-refractivity contribution in [3.8, 4) is 0 Å². The number of hydrogen-bond acceptors (Lipinski definition) is 10. The summed E-state index contributed by atoms with van der Waals surface area (Å²) in [6, 6.07) is -0.814. The van der Waals surface area contributed by atoms with Crippen LogP contribution in [0, 0.1) is 0 Å². The molecule has 1 saturated heterocycles. The molecule has 1 fully saturated rings. The molecule has 83 heavy (non-hydrogen) atoms. The zero-order chi connectivity index (χ0) is 60.2. The first kappa shape index (κ1) is 78.4. The van der Waals surface area contributed by atoms with E-state index in [1.165, 1.54) is 212 Å². The van der Waals surface area contributed by atoms with Gasteiger partial charge in [0.25, 0.3) is 0 Å². The van der Waals surface area contributed by atoms with Crippen molar-refractivity contribution in [2.75, 3.05) is 19.8 Å². The van der Waals surface area contributed by atoms with Crippen LogP contribution in [-0.2, 0) is 23.8 Å². The third-order valence-corrected chi connectivity index (χ3v) is 16.3. The van der Waals surface area contributed by atoms with E-state index in [1.54, 1.807) is 6.08 Å². The number of unbranched alkanes of at least 4 members (excludes halogenated alkanes) is 39. The molecule has 1 aliphatic rings. The van der Waals surface area contributed by atoms with Gasteiger partial charge in [0.05, 0.1) is 32.0 Å². The van der Waals surface area contributed by atoms with Gasteiger partial charge in [-0.1, -0.05) is 280 Å². The second-order valence-corrected chi connectivity index (χ2v) is 24.2. The summed E-state index contributed by atoms with van der Waals surface area (Å²) < 4.78 is 16.7. The maximum absolute atomic E-state index is 13.1. The van der Waals surface area contributed by atoms with E-state index < -0.39 is 49.5 Å². The number of carbonyl (C=O) groups is 2. The molecule has 11 nitrogen and oxygen atoms in total. The normalized spacial score (nSPS) is 18.5. The van der Waals surface area contributed by atoms with E-state index in [0.29, 0.717) is 19.4 Å². The summed E-state index contributed by atoms with van der Waals surface area (Å²) in [4.78, 5) is 25.1. The molecule has 0 spiro atoms. The van der Waals surface area contributed by atoms with Gasteiger partial charge in [0.15, 0.2) is 6.29 Å². The molecule has 1 heterocycles. The second-order valence-electron chi connectivity index (χ2n) is 24.2. The Labute approximate surface area is 509 Å². The molecule has 0 radical (unpaired) electrons. The number of aliphatic hydroxyl groups excluding tert-OH is 5. The molecule has 11 heteroatoms. The molecule has 1 amide bonds. The number of allylic oxidation sites excluding steroid dienone is 9. The number of amides is 1. The lowest BCUT2D eigenvalue weighted by Crippen LogP contribution is -2.60. The van der Waals surface area contributed by atoms with Crippen molar-refractivity contribution in [2.24, 2.45) is 0 Å². The number of hydrogen-bond donors (Lipinski definition) is 6. The van der Waals surface area contributed by atoms with Crippen LogP contribution in [0.3, 0.4) is 0 Å². The highest BCUT2D eigenvalue weighted by atomic mass is 16.7. The molecular formula is C72H131NO10. The zero-order valence-electron chi connectivity index (χ0n) is 53.7. The lowest BCUT2D eigenvalue weighted by Gasteiger charge is -2.40. The van der Waals surface area contributed by atoms with Crippen LogP contribution in [0.15, 0.2) is 60.8 Å². The minimum Gasteiger partial charge on any atom is -0.466 e. The quantitative estimate of drug-likeness (QED) is 0.0195. The summed E-state index contributed by atoms with van der Waals surface area (Å²) in [5.41, 5.74) is 0. The predicted octanol–water partition coefficient (Wildman–Crippen LogP) is 17.7. The van der Waals surface area contributed by atoms with Gasteiger partial charge in [-0.3, -0.25) is 9.59 Å². The van der Waals surface area contributed by atoms with Gasteiger partial charge in [-0.2, -0.15) is 0 Å². The van der Waals surface area contributed by atoms with E-state index in [-0.39, 0.29) is 18.5 Å². The molecule has 0 aliphatic carbocycles. The van der Waals surface area contributed by atoms with Gasteiger partial charge in [-0.15, -0.1) is 0 Å². The molecule has 484 valence electrons. The van der Waals surface area contributed by atoms with Crippen LogP contribution in [0.4, 0.5) is 0 Å². The second kappa shape index (κ2) is 61.0. The van der Waals surface area contributed by atoms with E-state index in [9.17, 15) is 35.1 Å². The van der Waals surface area contributed by atoms with Crippen molar-refractivity contribution in [2.45, 2.75) is 365 Å². The molecule has 0 aromatic rings. The maximum Gasteiger partial charge on any atom is 0.305 e.